The van der Waals surface area contributed by atoms with Crippen LogP contribution in [0.4, 0.5) is 9.59 Å². The molecule has 2 aliphatic carbocycles. The van der Waals surface area contributed by atoms with Gasteiger partial charge in [-0.1, -0.05) is 38.5 Å². The number of hydrogen-bond donors (Lipinski definition) is 4. The van der Waals surface area contributed by atoms with Gasteiger partial charge in [0, 0.05) is 13.1 Å². The second-order valence-electron chi connectivity index (χ2n) is 12.2. The Morgan fingerprint density at radius 3 is 1.64 bits per heavy atom. The average molecular weight is 647 g/mol. The quantitative estimate of drug-likeness (QED) is 0.168. The van der Waals surface area contributed by atoms with Gasteiger partial charge in [0.2, 0.25) is 0 Å². The number of nitrogens with one attached hydrogen (secondary N) is 2. The summed E-state index contributed by atoms with van der Waals surface area (Å²) in [5, 5.41) is 10.9. The molecule has 0 aromatic carbocycles. The van der Waals surface area contributed by atoms with Crippen LogP contribution in [0.1, 0.15) is 89.9 Å². The Kier molecular flexibility index (Phi) is 10.5. The monoisotopic (exact) mass is 646 g/mol. The van der Waals surface area contributed by atoms with E-state index in [9.17, 15) is 32.8 Å². The van der Waals surface area contributed by atoms with Crippen LogP contribution in [0.3, 0.4) is 0 Å². The minimum atomic E-state index is -4.79. The van der Waals surface area contributed by atoms with Crippen LogP contribution >= 0.6 is 0 Å². The third kappa shape index (κ3) is 7.71. The van der Waals surface area contributed by atoms with E-state index in [-0.39, 0.29) is 30.7 Å². The average Bonchev–Trinajstić information content (AvgIpc) is 3.38. The first-order chi connectivity index (χ1) is 21.0. The Hall–Kier alpha value is -2.77. The SMILES string of the molecule is O=C(NOC1CCCCC1)[C@@H]1CC[C@@H]2CN1C(=O)N2O.O=C(NOC1CCCCC1)[C@@H]1CC[C@@H]2CN1C(=O)N2OS(=O)(=O)O. The van der Waals surface area contributed by atoms with E-state index in [1.807, 2.05) is 0 Å². The molecule has 0 unspecified atom stereocenters. The number of urea groups is 2. The van der Waals surface area contributed by atoms with Crippen molar-refractivity contribution in [2.24, 2.45) is 0 Å². The van der Waals surface area contributed by atoms with Crippen molar-refractivity contribution in [1.82, 2.24) is 30.9 Å². The smallest absolute Gasteiger partial charge is 0.309 e. The largest absolute Gasteiger partial charge is 0.418 e. The Morgan fingerprint density at radius 2 is 1.14 bits per heavy atom. The zero-order chi connectivity index (χ0) is 31.4. The molecule has 248 valence electrons. The van der Waals surface area contributed by atoms with E-state index in [1.165, 1.54) is 22.6 Å². The van der Waals surface area contributed by atoms with E-state index in [2.05, 4.69) is 15.2 Å². The fourth-order valence-corrected chi connectivity index (χ4v) is 7.20. The van der Waals surface area contributed by atoms with E-state index < -0.39 is 46.5 Å². The van der Waals surface area contributed by atoms with Gasteiger partial charge in [-0.05, 0) is 51.4 Å². The molecule has 2 saturated carbocycles. The Balaban J connectivity index is 0.000000177. The minimum Gasteiger partial charge on any atom is -0.309 e. The maximum absolute atomic E-state index is 12.3. The molecule has 0 radical (unpaired) electrons. The molecule has 44 heavy (non-hydrogen) atoms. The summed E-state index contributed by atoms with van der Waals surface area (Å²) in [4.78, 5) is 62.0. The van der Waals surface area contributed by atoms with E-state index in [4.69, 9.17) is 14.2 Å². The molecule has 6 aliphatic rings. The molecule has 4 aliphatic heterocycles. The molecule has 4 N–H and O–H groups in total. The molecule has 6 amide bonds. The summed E-state index contributed by atoms with van der Waals surface area (Å²) in [6.45, 7) is 0.576. The molecule has 0 aromatic heterocycles. The highest BCUT2D eigenvalue weighted by Gasteiger charge is 2.50. The maximum atomic E-state index is 12.3. The van der Waals surface area contributed by atoms with Gasteiger partial charge in [0.05, 0.1) is 24.3 Å². The van der Waals surface area contributed by atoms with Crippen LogP contribution in [0.25, 0.3) is 0 Å². The molecule has 6 rings (SSSR count). The standard InChI is InChI=1S/C13H21N3O7S.C13H21N3O4/c17-12(14-22-10-4-2-1-3-5-10)11-7-6-9-8-15(11)13(18)16(9)23-24(19,20)21;17-12(14-20-10-4-2-1-3-5-10)11-7-6-9-8-15(11)13(18)16(9)19/h9-11H,1-8H2,(H,14,17)(H,19,20,21);9-11,19H,1-8H2,(H,14,17)/t2*9-,11+/m11/s1. The highest BCUT2D eigenvalue weighted by atomic mass is 32.3. The summed E-state index contributed by atoms with van der Waals surface area (Å²) in [6.07, 6.45) is 12.6. The molecular weight excluding hydrogens is 604 g/mol. The van der Waals surface area contributed by atoms with Gasteiger partial charge in [0.15, 0.2) is 0 Å². The molecule has 17 nitrogen and oxygen atoms in total. The molecular formula is C26H42N6O11S. The zero-order valence-corrected chi connectivity index (χ0v) is 25.4. The normalized spacial score (nSPS) is 29.4. The lowest BCUT2D eigenvalue weighted by molar-refractivity contribution is -0.145. The van der Waals surface area contributed by atoms with Crippen molar-refractivity contribution in [2.75, 3.05) is 13.1 Å². The second kappa shape index (κ2) is 14.1. The van der Waals surface area contributed by atoms with Gasteiger partial charge < -0.3 is 9.80 Å². The third-order valence-corrected chi connectivity index (χ3v) is 9.55. The predicted molar refractivity (Wildman–Crippen MR) is 148 cm³/mol. The van der Waals surface area contributed by atoms with Crippen molar-refractivity contribution in [2.45, 2.75) is 126 Å². The van der Waals surface area contributed by atoms with E-state index in [0.29, 0.717) is 37.3 Å². The molecule has 6 fully saturated rings. The van der Waals surface area contributed by atoms with Crippen molar-refractivity contribution < 1.29 is 51.3 Å². The lowest BCUT2D eigenvalue weighted by atomic mass is 9.98. The minimum absolute atomic E-state index is 0.00678. The van der Waals surface area contributed by atoms with E-state index in [1.54, 1.807) is 0 Å². The molecule has 0 spiro atoms. The number of nitrogens with zero attached hydrogens (tertiary/aromatic N) is 4. The fraction of sp³-hybridized carbons (Fsp3) is 0.846. The Morgan fingerprint density at radius 1 is 0.682 bits per heavy atom. The zero-order valence-electron chi connectivity index (χ0n) is 24.5. The number of amides is 6. The summed E-state index contributed by atoms with van der Waals surface area (Å²) >= 11 is 0. The van der Waals surface area contributed by atoms with Crippen molar-refractivity contribution in [3.05, 3.63) is 0 Å². The van der Waals surface area contributed by atoms with Crippen LogP contribution in [0, 0.1) is 0 Å². The Bertz CT molecular complexity index is 1180. The predicted octanol–water partition coefficient (Wildman–Crippen LogP) is 1.39. The number of fused-ring (bicyclic) bond motifs is 4. The first-order valence-electron chi connectivity index (χ1n) is 15.5. The van der Waals surface area contributed by atoms with Crippen molar-refractivity contribution in [3.8, 4) is 0 Å². The lowest BCUT2D eigenvalue weighted by Gasteiger charge is -2.30. The summed E-state index contributed by atoms with van der Waals surface area (Å²) in [7, 11) is -4.79. The van der Waals surface area contributed by atoms with Gasteiger partial charge in [-0.15, -0.1) is 4.28 Å². The molecule has 4 saturated heterocycles. The summed E-state index contributed by atoms with van der Waals surface area (Å²) in [5.41, 5.74) is 4.94. The highest BCUT2D eigenvalue weighted by Crippen LogP contribution is 2.31. The number of hydroxylamine groups is 6. The molecule has 4 heterocycles. The number of piperidine rings is 2. The molecule has 4 bridgehead atoms. The number of rotatable bonds is 8. The van der Waals surface area contributed by atoms with Gasteiger partial charge in [-0.2, -0.15) is 13.5 Å². The van der Waals surface area contributed by atoms with Crippen molar-refractivity contribution >= 4 is 34.3 Å². The second-order valence-corrected chi connectivity index (χ2v) is 13.2. The summed E-state index contributed by atoms with van der Waals surface area (Å²) in [5.74, 6) is -0.709. The summed E-state index contributed by atoms with van der Waals surface area (Å²) in [6, 6.07) is -3.20. The van der Waals surface area contributed by atoms with Gasteiger partial charge in [-0.3, -0.25) is 29.0 Å². The summed E-state index contributed by atoms with van der Waals surface area (Å²) < 4.78 is 34.7. The topological polar surface area (TPSA) is 208 Å². The van der Waals surface area contributed by atoms with Gasteiger partial charge in [0.1, 0.15) is 12.1 Å². The van der Waals surface area contributed by atoms with Crippen molar-refractivity contribution in [3.63, 3.8) is 0 Å². The lowest BCUT2D eigenvalue weighted by Crippen LogP contribution is -2.50. The number of hydrogen-bond acceptors (Lipinski definition) is 10. The molecule has 18 heteroatoms. The van der Waals surface area contributed by atoms with Crippen molar-refractivity contribution in [1.29, 1.82) is 0 Å². The number of carbonyl (C=O) groups excluding carboxylic acids is 4. The Labute approximate surface area is 255 Å². The van der Waals surface area contributed by atoms with Crippen LogP contribution < -0.4 is 11.0 Å². The van der Waals surface area contributed by atoms with Crippen LogP contribution in [-0.4, -0.2) is 111 Å². The van der Waals surface area contributed by atoms with Gasteiger partial charge in [0.25, 0.3) is 11.8 Å². The molecule has 4 atom stereocenters. The number of carbonyl (C=O) groups is 4. The maximum Gasteiger partial charge on any atom is 0.418 e. The highest BCUT2D eigenvalue weighted by molar-refractivity contribution is 7.80. The van der Waals surface area contributed by atoms with Gasteiger partial charge >= 0.3 is 22.5 Å². The van der Waals surface area contributed by atoms with Crippen LogP contribution in [0.5, 0.6) is 0 Å². The third-order valence-electron chi connectivity index (χ3n) is 9.20. The first-order valence-corrected chi connectivity index (χ1v) is 16.8. The fourth-order valence-electron chi connectivity index (χ4n) is 6.81. The van der Waals surface area contributed by atoms with E-state index in [0.717, 1.165) is 56.4 Å². The van der Waals surface area contributed by atoms with Gasteiger partial charge in [-0.25, -0.2) is 25.6 Å². The molecule has 0 aromatic rings. The van der Waals surface area contributed by atoms with Crippen LogP contribution in [0.2, 0.25) is 0 Å². The van der Waals surface area contributed by atoms with Crippen LogP contribution in [0.15, 0.2) is 0 Å². The van der Waals surface area contributed by atoms with Crippen LogP contribution in [-0.2, 0) is 33.9 Å². The van der Waals surface area contributed by atoms with E-state index >= 15 is 0 Å². The first kappa shape index (κ1) is 32.6.